The molecular weight excluding hydrogens is 302 g/mol. The highest BCUT2D eigenvalue weighted by Crippen LogP contribution is 2.21. The van der Waals surface area contributed by atoms with E-state index in [2.05, 4.69) is 30.5 Å². The van der Waals surface area contributed by atoms with Gasteiger partial charge < -0.3 is 5.32 Å². The Balaban J connectivity index is 1.71. The van der Waals surface area contributed by atoms with Crippen LogP contribution in [0.5, 0.6) is 0 Å². The predicted octanol–water partition coefficient (Wildman–Crippen LogP) is 4.31. The Bertz CT molecular complexity index is 801. The third-order valence-corrected chi connectivity index (χ3v) is 2.74. The van der Waals surface area contributed by atoms with Crippen molar-refractivity contribution in [1.29, 1.82) is 0 Å². The smallest absolute Gasteiger partial charge is 0.315 e. The van der Waals surface area contributed by atoms with Gasteiger partial charge in [0.1, 0.15) is 0 Å². The molecule has 1 N–H and O–H groups in total. The van der Waals surface area contributed by atoms with Crippen LogP contribution in [0, 0.1) is 12.2 Å². The summed E-state index contributed by atoms with van der Waals surface area (Å²) in [5.41, 5.74) is 1.92. The van der Waals surface area contributed by atoms with E-state index in [9.17, 15) is 8.78 Å². The van der Waals surface area contributed by atoms with Gasteiger partial charge in [0.05, 0.1) is 11.4 Å². The number of anilines is 2. The van der Waals surface area contributed by atoms with E-state index in [4.69, 9.17) is 0 Å². The molecule has 0 spiro atoms. The zero-order valence-electron chi connectivity index (χ0n) is 11.7. The van der Waals surface area contributed by atoms with Crippen molar-refractivity contribution in [3.05, 3.63) is 66.8 Å². The summed E-state index contributed by atoms with van der Waals surface area (Å²) in [5, 5.41) is 10.8. The Labute approximate surface area is 130 Å². The van der Waals surface area contributed by atoms with Crippen molar-refractivity contribution in [3.63, 3.8) is 0 Å². The van der Waals surface area contributed by atoms with Crippen molar-refractivity contribution in [2.75, 3.05) is 5.32 Å². The van der Waals surface area contributed by atoms with Gasteiger partial charge in [-0.05, 0) is 36.4 Å². The Morgan fingerprint density at radius 1 is 0.696 bits per heavy atom. The number of nitrogens with one attached hydrogen (secondary N) is 1. The third kappa shape index (κ3) is 4.10. The Kier molecular flexibility index (Phi) is 4.23. The van der Waals surface area contributed by atoms with Crippen molar-refractivity contribution >= 4 is 23.0 Å². The highest BCUT2D eigenvalue weighted by Gasteiger charge is 2.05. The number of aromatic nitrogens is 3. The van der Waals surface area contributed by atoms with E-state index in [0.29, 0.717) is 11.4 Å². The van der Waals surface area contributed by atoms with Crippen LogP contribution in [-0.2, 0) is 0 Å². The van der Waals surface area contributed by atoms with Gasteiger partial charge in [0.15, 0.2) is 0 Å². The quantitative estimate of drug-likeness (QED) is 0.728. The van der Waals surface area contributed by atoms with Crippen LogP contribution in [0.1, 0.15) is 0 Å². The molecule has 3 rings (SSSR count). The van der Waals surface area contributed by atoms with Gasteiger partial charge in [0, 0.05) is 5.69 Å². The summed E-state index contributed by atoms with van der Waals surface area (Å²) in [4.78, 5) is 9.51. The van der Waals surface area contributed by atoms with Gasteiger partial charge in [-0.25, -0.2) is 0 Å². The van der Waals surface area contributed by atoms with Crippen LogP contribution in [0.4, 0.5) is 31.8 Å². The van der Waals surface area contributed by atoms with Gasteiger partial charge in [-0.2, -0.15) is 34.0 Å². The molecule has 0 aliphatic rings. The maximum Gasteiger partial charge on any atom is 0.315 e. The highest BCUT2D eigenvalue weighted by molar-refractivity contribution is 5.56. The van der Waals surface area contributed by atoms with Gasteiger partial charge >= 0.3 is 12.2 Å². The van der Waals surface area contributed by atoms with E-state index in [-0.39, 0.29) is 5.95 Å². The van der Waals surface area contributed by atoms with Gasteiger partial charge in [0.25, 0.3) is 0 Å². The lowest BCUT2D eigenvalue weighted by atomic mass is 10.3. The molecule has 0 fully saturated rings. The third-order valence-electron chi connectivity index (χ3n) is 2.74. The first-order valence-electron chi connectivity index (χ1n) is 6.60. The average Bonchev–Trinajstić information content (AvgIpc) is 2.54. The Morgan fingerprint density at radius 2 is 1.26 bits per heavy atom. The van der Waals surface area contributed by atoms with Crippen LogP contribution in [0.2, 0.25) is 0 Å². The fraction of sp³-hybridized carbons (Fsp3) is 0. The van der Waals surface area contributed by atoms with E-state index < -0.39 is 12.2 Å². The summed E-state index contributed by atoms with van der Waals surface area (Å²) in [5.74, 6) is -0.214. The summed E-state index contributed by atoms with van der Waals surface area (Å²) in [7, 11) is 0. The molecule has 0 atom stereocenters. The van der Waals surface area contributed by atoms with Gasteiger partial charge in [-0.15, -0.1) is 0 Å². The first-order chi connectivity index (χ1) is 11.2. The number of rotatable bonds is 4. The monoisotopic (exact) mass is 312 g/mol. The van der Waals surface area contributed by atoms with Crippen LogP contribution in [0.3, 0.4) is 0 Å². The van der Waals surface area contributed by atoms with E-state index in [0.717, 1.165) is 5.69 Å². The molecule has 8 heteroatoms. The number of benzene rings is 2. The predicted molar refractivity (Wildman–Crippen MR) is 80.1 cm³/mol. The topological polar surface area (TPSA) is 75.4 Å². The summed E-state index contributed by atoms with van der Waals surface area (Å²) in [6.45, 7) is 0. The maximum atomic E-state index is 12.9. The molecule has 2 aromatic carbocycles. The van der Waals surface area contributed by atoms with Crippen LogP contribution < -0.4 is 5.32 Å². The molecule has 23 heavy (non-hydrogen) atoms. The molecule has 1 aromatic heterocycles. The van der Waals surface area contributed by atoms with E-state index in [1.165, 1.54) is 0 Å². The van der Waals surface area contributed by atoms with Crippen LogP contribution in [-0.4, -0.2) is 15.0 Å². The highest BCUT2D eigenvalue weighted by atomic mass is 19.1. The lowest BCUT2D eigenvalue weighted by molar-refractivity contribution is 0.458. The largest absolute Gasteiger partial charge is 0.324 e. The summed E-state index contributed by atoms with van der Waals surface area (Å²) in [6.07, 6.45) is -2.37. The molecule has 3 aromatic rings. The zero-order valence-corrected chi connectivity index (χ0v) is 11.7. The second-order valence-corrected chi connectivity index (χ2v) is 4.40. The maximum absolute atomic E-state index is 12.9. The molecule has 1 heterocycles. The minimum atomic E-state index is -1.19. The molecule has 114 valence electrons. The van der Waals surface area contributed by atoms with Crippen molar-refractivity contribution in [2.45, 2.75) is 0 Å². The van der Waals surface area contributed by atoms with Crippen LogP contribution >= 0.6 is 0 Å². The number of halogens is 2. The average molecular weight is 312 g/mol. The van der Waals surface area contributed by atoms with E-state index in [1.807, 2.05) is 30.3 Å². The molecule has 6 nitrogen and oxygen atoms in total. The minimum absolute atomic E-state index is 0.214. The summed E-state index contributed by atoms with van der Waals surface area (Å²) in [6, 6.07) is 16.0. The van der Waals surface area contributed by atoms with Crippen molar-refractivity contribution < 1.29 is 8.78 Å². The van der Waals surface area contributed by atoms with Crippen molar-refractivity contribution in [3.8, 4) is 0 Å². The van der Waals surface area contributed by atoms with Gasteiger partial charge in [-0.3, -0.25) is 0 Å². The van der Waals surface area contributed by atoms with Gasteiger partial charge in [0.2, 0.25) is 5.95 Å². The number of hydrogen-bond donors (Lipinski definition) is 1. The molecule has 0 aliphatic heterocycles. The lowest BCUT2D eigenvalue weighted by Crippen LogP contribution is -2.03. The lowest BCUT2D eigenvalue weighted by Gasteiger charge is -2.04. The van der Waals surface area contributed by atoms with Crippen molar-refractivity contribution in [1.82, 2.24) is 15.0 Å². The molecular formula is C15H10F2N6. The second kappa shape index (κ2) is 6.65. The fourth-order valence-electron chi connectivity index (χ4n) is 1.73. The summed E-state index contributed by atoms with van der Waals surface area (Å²) >= 11 is 0. The number of azo groups is 1. The first kappa shape index (κ1) is 14.6. The van der Waals surface area contributed by atoms with Crippen LogP contribution in [0.15, 0.2) is 64.8 Å². The SMILES string of the molecule is Fc1nc(F)nc(Nc2ccc(N=Nc3ccccc3)cc2)n1. The number of nitrogens with zero attached hydrogens (tertiary/aromatic N) is 5. The van der Waals surface area contributed by atoms with Crippen molar-refractivity contribution in [2.24, 2.45) is 10.2 Å². The Hall–Kier alpha value is -3.29. The molecule has 0 aliphatic carbocycles. The molecule has 0 saturated carbocycles. The van der Waals surface area contributed by atoms with E-state index >= 15 is 0 Å². The van der Waals surface area contributed by atoms with Gasteiger partial charge in [-0.1, -0.05) is 18.2 Å². The molecule has 0 unspecified atom stereocenters. The standard InChI is InChI=1S/C15H10F2N6/c16-13-19-14(17)21-15(20-13)18-10-6-8-12(9-7-10)23-22-11-4-2-1-3-5-11/h1-9H,(H,18,19,20,21). The number of hydrogen-bond acceptors (Lipinski definition) is 6. The Morgan fingerprint density at radius 3 is 1.87 bits per heavy atom. The zero-order chi connectivity index (χ0) is 16.1. The summed E-state index contributed by atoms with van der Waals surface area (Å²) < 4.78 is 25.8. The fourth-order valence-corrected chi connectivity index (χ4v) is 1.73. The second-order valence-electron chi connectivity index (χ2n) is 4.40. The molecule has 0 saturated heterocycles. The molecule has 0 amide bonds. The van der Waals surface area contributed by atoms with Crippen LogP contribution in [0.25, 0.3) is 0 Å². The first-order valence-corrected chi connectivity index (χ1v) is 6.60. The normalized spacial score (nSPS) is 10.9. The minimum Gasteiger partial charge on any atom is -0.324 e. The molecule has 0 radical (unpaired) electrons. The molecule has 0 bridgehead atoms. The van der Waals surface area contributed by atoms with E-state index in [1.54, 1.807) is 24.3 Å².